The molecule has 0 unspecified atom stereocenters. The Morgan fingerprint density at radius 1 is 1.25 bits per heavy atom. The maximum atomic E-state index is 11.7. The summed E-state index contributed by atoms with van der Waals surface area (Å²) >= 11 is 0. The Morgan fingerprint density at radius 2 is 1.85 bits per heavy atom. The Labute approximate surface area is 117 Å². The first-order valence-corrected chi connectivity index (χ1v) is 6.31. The van der Waals surface area contributed by atoms with Crippen LogP contribution in [0.5, 0.6) is 0 Å². The lowest BCUT2D eigenvalue weighted by atomic mass is 10.1. The molecule has 8 nitrogen and oxygen atoms in total. The zero-order valence-corrected chi connectivity index (χ0v) is 12.0. The number of rotatable bonds is 9. The number of ether oxygens (including phenoxy) is 1. The van der Waals surface area contributed by atoms with Gasteiger partial charge in [0.15, 0.2) is 0 Å². The zero-order chi connectivity index (χ0) is 15.7. The van der Waals surface area contributed by atoms with E-state index in [2.05, 4.69) is 5.32 Å². The fourth-order valence-corrected chi connectivity index (χ4v) is 1.31. The van der Waals surface area contributed by atoms with Gasteiger partial charge in [-0.1, -0.05) is 0 Å². The zero-order valence-electron chi connectivity index (χ0n) is 12.0. The molecular formula is C12H22N2O6. The van der Waals surface area contributed by atoms with Gasteiger partial charge in [-0.05, 0) is 20.3 Å². The van der Waals surface area contributed by atoms with Crippen molar-refractivity contribution in [1.29, 1.82) is 0 Å². The van der Waals surface area contributed by atoms with E-state index in [1.807, 2.05) is 13.8 Å². The Bertz CT molecular complexity index is 345. The molecule has 0 aliphatic heterocycles. The molecule has 0 aliphatic carbocycles. The van der Waals surface area contributed by atoms with Crippen molar-refractivity contribution in [2.45, 2.75) is 38.8 Å². The summed E-state index contributed by atoms with van der Waals surface area (Å²) in [7, 11) is 1.51. The van der Waals surface area contributed by atoms with Crippen LogP contribution in [0, 0.1) is 0 Å². The second-order valence-corrected chi connectivity index (χ2v) is 4.61. The maximum absolute atomic E-state index is 11.7. The van der Waals surface area contributed by atoms with Crippen LogP contribution in [-0.4, -0.2) is 65.4 Å². The van der Waals surface area contributed by atoms with E-state index in [1.165, 1.54) is 11.9 Å². The van der Waals surface area contributed by atoms with E-state index in [0.717, 1.165) is 0 Å². The normalized spacial score (nSPS) is 12.0. The number of aliphatic carboxylic acids is 2. The predicted octanol–water partition coefficient (Wildman–Crippen LogP) is 0.371. The van der Waals surface area contributed by atoms with Crippen LogP contribution in [0.15, 0.2) is 0 Å². The number of amides is 2. The summed E-state index contributed by atoms with van der Waals surface area (Å²) in [5, 5.41) is 19.7. The van der Waals surface area contributed by atoms with Gasteiger partial charge in [-0.25, -0.2) is 9.59 Å². The molecule has 0 radical (unpaired) electrons. The number of hydrogen-bond donors (Lipinski definition) is 3. The van der Waals surface area contributed by atoms with Gasteiger partial charge in [0.25, 0.3) is 0 Å². The molecule has 0 aromatic carbocycles. The fraction of sp³-hybridized carbons (Fsp3) is 0.750. The Hall–Kier alpha value is -1.83. The molecule has 0 saturated heterocycles. The highest BCUT2D eigenvalue weighted by Gasteiger charge is 2.22. The molecule has 0 bridgehead atoms. The van der Waals surface area contributed by atoms with Gasteiger partial charge in [-0.15, -0.1) is 0 Å². The number of likely N-dealkylation sites (N-methyl/N-ethyl adjacent to an activating group) is 1. The lowest BCUT2D eigenvalue weighted by Crippen LogP contribution is -2.47. The summed E-state index contributed by atoms with van der Waals surface area (Å²) in [4.78, 5) is 34.4. The van der Waals surface area contributed by atoms with Gasteiger partial charge in [0.2, 0.25) is 0 Å². The number of carboxylic acid groups (broad SMARTS) is 2. The van der Waals surface area contributed by atoms with Crippen LogP contribution in [0.2, 0.25) is 0 Å². The second-order valence-electron chi connectivity index (χ2n) is 4.61. The van der Waals surface area contributed by atoms with Crippen molar-refractivity contribution >= 4 is 18.0 Å². The Balaban J connectivity index is 4.23. The van der Waals surface area contributed by atoms with Crippen molar-refractivity contribution < 1.29 is 29.3 Å². The van der Waals surface area contributed by atoms with Crippen LogP contribution in [0.25, 0.3) is 0 Å². The highest BCUT2D eigenvalue weighted by atomic mass is 16.5. The number of nitrogens with one attached hydrogen (secondary N) is 1. The van der Waals surface area contributed by atoms with Gasteiger partial charge in [-0.3, -0.25) is 4.79 Å². The van der Waals surface area contributed by atoms with Gasteiger partial charge < -0.3 is 25.2 Å². The third kappa shape index (κ3) is 8.30. The first-order chi connectivity index (χ1) is 9.23. The molecule has 0 fully saturated rings. The van der Waals surface area contributed by atoms with E-state index >= 15 is 0 Å². The molecule has 0 saturated carbocycles. The van der Waals surface area contributed by atoms with Crippen molar-refractivity contribution in [2.75, 3.05) is 20.2 Å². The average molecular weight is 290 g/mol. The summed E-state index contributed by atoms with van der Waals surface area (Å²) in [6.45, 7) is 4.39. The molecule has 1 atom stereocenters. The molecule has 0 aromatic heterocycles. The third-order valence-electron chi connectivity index (χ3n) is 2.47. The standard InChI is InChI=1S/C12H22N2O6/c1-8(2)20-7-6-14(3)12(19)13-9(11(17)18)4-5-10(15)16/h8-9H,4-7H2,1-3H3,(H,13,19)(H,15,16)(H,17,18)/t9-/m0/s1. The Morgan fingerprint density at radius 3 is 2.30 bits per heavy atom. The van der Waals surface area contributed by atoms with Gasteiger partial charge in [0.1, 0.15) is 6.04 Å². The summed E-state index contributed by atoms with van der Waals surface area (Å²) in [5.41, 5.74) is 0. The molecule has 0 aromatic rings. The molecule has 116 valence electrons. The van der Waals surface area contributed by atoms with E-state index in [1.54, 1.807) is 0 Å². The van der Waals surface area contributed by atoms with Gasteiger partial charge in [0.05, 0.1) is 12.7 Å². The van der Waals surface area contributed by atoms with Gasteiger partial charge >= 0.3 is 18.0 Å². The third-order valence-corrected chi connectivity index (χ3v) is 2.47. The van der Waals surface area contributed by atoms with Gasteiger partial charge in [0, 0.05) is 20.0 Å². The van der Waals surface area contributed by atoms with Crippen molar-refractivity contribution in [3.63, 3.8) is 0 Å². The van der Waals surface area contributed by atoms with Crippen molar-refractivity contribution in [1.82, 2.24) is 10.2 Å². The van der Waals surface area contributed by atoms with E-state index in [9.17, 15) is 14.4 Å². The van der Waals surface area contributed by atoms with Crippen LogP contribution in [0.4, 0.5) is 4.79 Å². The largest absolute Gasteiger partial charge is 0.481 e. The summed E-state index contributed by atoms with van der Waals surface area (Å²) in [5.74, 6) is -2.37. The van der Waals surface area contributed by atoms with E-state index in [4.69, 9.17) is 14.9 Å². The summed E-state index contributed by atoms with van der Waals surface area (Å²) in [6.07, 6.45) is -0.432. The molecule has 0 spiro atoms. The number of nitrogens with zero attached hydrogens (tertiary/aromatic N) is 1. The fourth-order valence-electron chi connectivity index (χ4n) is 1.31. The molecule has 0 rings (SSSR count). The second kappa shape index (κ2) is 9.13. The number of carbonyl (C=O) groups excluding carboxylic acids is 1. The smallest absolute Gasteiger partial charge is 0.326 e. The lowest BCUT2D eigenvalue weighted by molar-refractivity contribution is -0.140. The molecule has 3 N–H and O–H groups in total. The average Bonchev–Trinajstić information content (AvgIpc) is 2.32. The van der Waals surface area contributed by atoms with Crippen molar-refractivity contribution in [3.05, 3.63) is 0 Å². The maximum Gasteiger partial charge on any atom is 0.326 e. The number of urea groups is 1. The number of hydrogen-bond acceptors (Lipinski definition) is 4. The van der Waals surface area contributed by atoms with Gasteiger partial charge in [-0.2, -0.15) is 0 Å². The topological polar surface area (TPSA) is 116 Å². The summed E-state index contributed by atoms with van der Waals surface area (Å²) in [6, 6.07) is -1.79. The van der Waals surface area contributed by atoms with Crippen LogP contribution in [0.3, 0.4) is 0 Å². The molecular weight excluding hydrogens is 268 g/mol. The van der Waals surface area contributed by atoms with Crippen molar-refractivity contribution in [3.8, 4) is 0 Å². The quantitative estimate of drug-likeness (QED) is 0.565. The minimum Gasteiger partial charge on any atom is -0.481 e. The minimum absolute atomic E-state index is 0.0498. The van der Waals surface area contributed by atoms with Crippen molar-refractivity contribution in [2.24, 2.45) is 0 Å². The summed E-state index contributed by atoms with van der Waals surface area (Å²) < 4.78 is 5.28. The monoisotopic (exact) mass is 290 g/mol. The van der Waals surface area contributed by atoms with Crippen LogP contribution < -0.4 is 5.32 Å². The molecule has 0 heterocycles. The van der Waals surface area contributed by atoms with Crippen LogP contribution in [0.1, 0.15) is 26.7 Å². The molecule has 0 aliphatic rings. The molecule has 8 heteroatoms. The minimum atomic E-state index is -1.26. The predicted molar refractivity (Wildman–Crippen MR) is 70.5 cm³/mol. The molecule has 2 amide bonds. The first kappa shape index (κ1) is 18.2. The van der Waals surface area contributed by atoms with E-state index in [-0.39, 0.29) is 18.9 Å². The first-order valence-electron chi connectivity index (χ1n) is 6.31. The van der Waals surface area contributed by atoms with Crippen LogP contribution in [-0.2, 0) is 14.3 Å². The SMILES string of the molecule is CC(C)OCCN(C)C(=O)N[C@@H](CCC(=O)O)C(=O)O. The highest BCUT2D eigenvalue weighted by molar-refractivity contribution is 5.82. The number of carbonyl (C=O) groups is 3. The van der Waals surface area contributed by atoms with Crippen LogP contribution >= 0.6 is 0 Å². The highest BCUT2D eigenvalue weighted by Crippen LogP contribution is 1.99. The number of carboxylic acids is 2. The molecule has 20 heavy (non-hydrogen) atoms. The van der Waals surface area contributed by atoms with E-state index in [0.29, 0.717) is 13.2 Å². The van der Waals surface area contributed by atoms with E-state index < -0.39 is 24.0 Å². The Kier molecular flexibility index (Phi) is 8.30. The lowest BCUT2D eigenvalue weighted by Gasteiger charge is -2.21.